The van der Waals surface area contributed by atoms with Gasteiger partial charge in [0, 0.05) is 23.0 Å². The van der Waals surface area contributed by atoms with Crippen LogP contribution in [0.1, 0.15) is 12.5 Å². The summed E-state index contributed by atoms with van der Waals surface area (Å²) in [5.74, 6) is 0. The van der Waals surface area contributed by atoms with Crippen LogP contribution in [0.15, 0.2) is 60.8 Å². The monoisotopic (exact) mass is 248 g/mol. The molecule has 1 N–H and O–H groups in total. The zero-order valence-corrected chi connectivity index (χ0v) is 10.9. The van der Waals surface area contributed by atoms with Crippen molar-refractivity contribution in [2.75, 3.05) is 5.32 Å². The Hall–Kier alpha value is -2.35. The van der Waals surface area contributed by atoms with Crippen LogP contribution in [-0.2, 0) is 6.42 Å². The Morgan fingerprint density at radius 2 is 1.84 bits per heavy atom. The maximum absolute atomic E-state index is 4.42. The van der Waals surface area contributed by atoms with Gasteiger partial charge in [-0.05, 0) is 42.3 Å². The minimum absolute atomic E-state index is 1.03. The number of aryl methyl sites for hydroxylation is 1. The standard InChI is InChI=1S/C17H16N2/c1-2-13-8-9-16-15(12-13)17(10-11-18-16)19-14-6-4-3-5-7-14/h3-12H,2H2,1H3,(H,18,19). The molecule has 0 radical (unpaired) electrons. The lowest BCUT2D eigenvalue weighted by molar-refractivity contribution is 1.14. The summed E-state index contributed by atoms with van der Waals surface area (Å²) >= 11 is 0. The van der Waals surface area contributed by atoms with Crippen LogP contribution in [0.25, 0.3) is 10.9 Å². The largest absolute Gasteiger partial charge is 0.355 e. The van der Waals surface area contributed by atoms with Crippen molar-refractivity contribution in [2.45, 2.75) is 13.3 Å². The second-order valence-corrected chi connectivity index (χ2v) is 4.55. The topological polar surface area (TPSA) is 24.9 Å². The lowest BCUT2D eigenvalue weighted by Crippen LogP contribution is -1.93. The Morgan fingerprint density at radius 3 is 2.63 bits per heavy atom. The summed E-state index contributed by atoms with van der Waals surface area (Å²) in [4.78, 5) is 4.42. The molecule has 3 rings (SSSR count). The Labute approximate surface area is 113 Å². The van der Waals surface area contributed by atoms with Gasteiger partial charge in [0.25, 0.3) is 0 Å². The van der Waals surface area contributed by atoms with Gasteiger partial charge in [-0.25, -0.2) is 0 Å². The lowest BCUT2D eigenvalue weighted by atomic mass is 10.1. The highest BCUT2D eigenvalue weighted by atomic mass is 14.9. The van der Waals surface area contributed by atoms with Gasteiger partial charge in [-0.1, -0.05) is 31.2 Å². The zero-order chi connectivity index (χ0) is 13.1. The molecule has 0 unspecified atom stereocenters. The van der Waals surface area contributed by atoms with Crippen molar-refractivity contribution in [2.24, 2.45) is 0 Å². The normalized spacial score (nSPS) is 10.6. The molecule has 0 aliphatic rings. The molecule has 0 amide bonds. The molecule has 19 heavy (non-hydrogen) atoms. The number of para-hydroxylation sites is 1. The van der Waals surface area contributed by atoms with Gasteiger partial charge in [-0.3, -0.25) is 4.98 Å². The summed E-state index contributed by atoms with van der Waals surface area (Å²) in [6, 6.07) is 18.7. The smallest absolute Gasteiger partial charge is 0.0723 e. The number of anilines is 2. The van der Waals surface area contributed by atoms with E-state index in [9.17, 15) is 0 Å². The Balaban J connectivity index is 2.07. The fraction of sp³-hybridized carbons (Fsp3) is 0.118. The fourth-order valence-corrected chi connectivity index (χ4v) is 2.20. The SMILES string of the molecule is CCc1ccc2nccc(Nc3ccccc3)c2c1. The van der Waals surface area contributed by atoms with Gasteiger partial charge in [0.15, 0.2) is 0 Å². The maximum atomic E-state index is 4.42. The minimum atomic E-state index is 1.03. The number of aromatic nitrogens is 1. The fourth-order valence-electron chi connectivity index (χ4n) is 2.20. The highest BCUT2D eigenvalue weighted by Gasteiger charge is 2.03. The zero-order valence-electron chi connectivity index (χ0n) is 10.9. The van der Waals surface area contributed by atoms with Crippen molar-refractivity contribution in [1.29, 1.82) is 0 Å². The van der Waals surface area contributed by atoms with E-state index in [0.717, 1.165) is 23.3 Å². The van der Waals surface area contributed by atoms with E-state index in [4.69, 9.17) is 0 Å². The predicted molar refractivity (Wildman–Crippen MR) is 80.8 cm³/mol. The van der Waals surface area contributed by atoms with Gasteiger partial charge in [0.05, 0.1) is 5.52 Å². The number of nitrogens with zero attached hydrogens (tertiary/aromatic N) is 1. The van der Waals surface area contributed by atoms with Crippen LogP contribution < -0.4 is 5.32 Å². The maximum Gasteiger partial charge on any atom is 0.0723 e. The van der Waals surface area contributed by atoms with Crippen LogP contribution in [0, 0.1) is 0 Å². The van der Waals surface area contributed by atoms with Gasteiger partial charge in [-0.2, -0.15) is 0 Å². The number of hydrogen-bond acceptors (Lipinski definition) is 2. The molecule has 2 aromatic carbocycles. The second kappa shape index (κ2) is 5.11. The van der Waals surface area contributed by atoms with Crippen molar-refractivity contribution >= 4 is 22.3 Å². The molecule has 1 heterocycles. The van der Waals surface area contributed by atoms with Crippen LogP contribution in [0.3, 0.4) is 0 Å². The highest BCUT2D eigenvalue weighted by Crippen LogP contribution is 2.26. The summed E-state index contributed by atoms with van der Waals surface area (Å²) in [7, 11) is 0. The quantitative estimate of drug-likeness (QED) is 0.736. The number of nitrogens with one attached hydrogen (secondary N) is 1. The van der Waals surface area contributed by atoms with Gasteiger partial charge in [0.1, 0.15) is 0 Å². The van der Waals surface area contributed by atoms with E-state index in [0.29, 0.717) is 0 Å². The van der Waals surface area contributed by atoms with Crippen LogP contribution in [-0.4, -0.2) is 4.98 Å². The van der Waals surface area contributed by atoms with Crippen molar-refractivity contribution in [1.82, 2.24) is 4.98 Å². The van der Waals surface area contributed by atoms with Crippen molar-refractivity contribution in [3.8, 4) is 0 Å². The van der Waals surface area contributed by atoms with Gasteiger partial charge < -0.3 is 5.32 Å². The summed E-state index contributed by atoms with van der Waals surface area (Å²) in [6.45, 7) is 2.17. The first kappa shape index (κ1) is 11.7. The number of pyridine rings is 1. The Bertz CT molecular complexity index is 690. The average molecular weight is 248 g/mol. The van der Waals surface area contributed by atoms with E-state index in [-0.39, 0.29) is 0 Å². The van der Waals surface area contributed by atoms with E-state index in [2.05, 4.69) is 47.6 Å². The van der Waals surface area contributed by atoms with Gasteiger partial charge in [-0.15, -0.1) is 0 Å². The summed E-state index contributed by atoms with van der Waals surface area (Å²) < 4.78 is 0. The number of rotatable bonds is 3. The molecule has 94 valence electrons. The van der Waals surface area contributed by atoms with E-state index >= 15 is 0 Å². The van der Waals surface area contributed by atoms with E-state index in [1.807, 2.05) is 30.5 Å². The van der Waals surface area contributed by atoms with Crippen LogP contribution in [0.2, 0.25) is 0 Å². The van der Waals surface area contributed by atoms with Gasteiger partial charge in [0.2, 0.25) is 0 Å². The average Bonchev–Trinajstić information content (AvgIpc) is 2.48. The molecule has 0 spiro atoms. The number of benzene rings is 2. The molecule has 1 aromatic heterocycles. The van der Waals surface area contributed by atoms with Crippen LogP contribution >= 0.6 is 0 Å². The van der Waals surface area contributed by atoms with Crippen LogP contribution in [0.4, 0.5) is 11.4 Å². The first-order chi connectivity index (χ1) is 9.36. The first-order valence-electron chi connectivity index (χ1n) is 6.56. The molecule has 0 aliphatic heterocycles. The predicted octanol–water partition coefficient (Wildman–Crippen LogP) is 4.54. The molecule has 2 nitrogen and oxygen atoms in total. The lowest BCUT2D eigenvalue weighted by Gasteiger charge is -2.10. The summed E-state index contributed by atoms with van der Waals surface area (Å²) in [5.41, 5.74) is 4.55. The molecule has 0 bridgehead atoms. The molecule has 0 fully saturated rings. The summed E-state index contributed by atoms with van der Waals surface area (Å²) in [5, 5.41) is 4.63. The highest BCUT2D eigenvalue weighted by molar-refractivity contribution is 5.93. The molecule has 3 aromatic rings. The molecule has 0 atom stereocenters. The van der Waals surface area contributed by atoms with Crippen molar-refractivity contribution in [3.05, 3.63) is 66.4 Å². The Kier molecular flexibility index (Phi) is 3.15. The minimum Gasteiger partial charge on any atom is -0.355 e. The van der Waals surface area contributed by atoms with Crippen LogP contribution in [0.5, 0.6) is 0 Å². The van der Waals surface area contributed by atoms with E-state index in [1.54, 1.807) is 0 Å². The van der Waals surface area contributed by atoms with Crippen molar-refractivity contribution < 1.29 is 0 Å². The third-order valence-electron chi connectivity index (χ3n) is 3.27. The van der Waals surface area contributed by atoms with E-state index < -0.39 is 0 Å². The number of fused-ring (bicyclic) bond motifs is 1. The molecule has 0 saturated heterocycles. The summed E-state index contributed by atoms with van der Waals surface area (Å²) in [6.07, 6.45) is 2.88. The third-order valence-corrected chi connectivity index (χ3v) is 3.27. The Morgan fingerprint density at radius 1 is 1.00 bits per heavy atom. The first-order valence-corrected chi connectivity index (χ1v) is 6.56. The third kappa shape index (κ3) is 2.43. The molecular weight excluding hydrogens is 232 g/mol. The van der Waals surface area contributed by atoms with Crippen molar-refractivity contribution in [3.63, 3.8) is 0 Å². The van der Waals surface area contributed by atoms with Gasteiger partial charge >= 0.3 is 0 Å². The second-order valence-electron chi connectivity index (χ2n) is 4.55. The number of hydrogen-bond donors (Lipinski definition) is 1. The molecule has 0 aliphatic carbocycles. The molecule has 2 heteroatoms. The molecule has 0 saturated carbocycles. The van der Waals surface area contributed by atoms with E-state index in [1.165, 1.54) is 10.9 Å². The molecular formula is C17H16N2.